The van der Waals surface area contributed by atoms with E-state index in [-0.39, 0.29) is 5.91 Å². The highest BCUT2D eigenvalue weighted by atomic mass is 16.5. The third-order valence-electron chi connectivity index (χ3n) is 3.49. The highest BCUT2D eigenvalue weighted by Crippen LogP contribution is 2.05. The predicted octanol–water partition coefficient (Wildman–Crippen LogP) is -0.262. The Kier molecular flexibility index (Phi) is 6.41. The molecule has 0 aromatic rings. The second kappa shape index (κ2) is 7.82. The third kappa shape index (κ3) is 4.59. The number of carboxylic acid groups (broad SMARTS) is 1. The first kappa shape index (κ1) is 17.2. The van der Waals surface area contributed by atoms with Gasteiger partial charge in [-0.2, -0.15) is 0 Å². The van der Waals surface area contributed by atoms with Crippen LogP contribution in [0.4, 0.5) is 4.79 Å². The molecule has 3 amide bonds. The van der Waals surface area contributed by atoms with Crippen LogP contribution in [-0.2, 0) is 14.3 Å². The lowest BCUT2D eigenvalue weighted by Crippen LogP contribution is -2.54. The predicted molar refractivity (Wildman–Crippen MR) is 74.9 cm³/mol. The molecule has 0 aromatic heterocycles. The van der Waals surface area contributed by atoms with E-state index in [9.17, 15) is 14.4 Å². The summed E-state index contributed by atoms with van der Waals surface area (Å²) in [5, 5.41) is 11.6. The van der Waals surface area contributed by atoms with Gasteiger partial charge in [-0.05, 0) is 13.3 Å². The van der Waals surface area contributed by atoms with Crippen molar-refractivity contribution in [3.8, 4) is 0 Å². The van der Waals surface area contributed by atoms with Crippen LogP contribution in [0.2, 0.25) is 0 Å². The Morgan fingerprint density at radius 3 is 2.38 bits per heavy atom. The standard InChI is InChI=1S/C13H23N3O5/c1-4-10(12(18)19)15(3)13(20)14-9(2)11(17)16-5-7-21-8-6-16/h9-10H,4-8H2,1-3H3,(H,14,20)(H,18,19). The molecule has 8 nitrogen and oxygen atoms in total. The van der Waals surface area contributed by atoms with E-state index in [4.69, 9.17) is 9.84 Å². The first-order valence-corrected chi connectivity index (χ1v) is 7.01. The van der Waals surface area contributed by atoms with E-state index in [2.05, 4.69) is 5.32 Å². The molecule has 0 bridgehead atoms. The molecule has 0 aromatic carbocycles. The fourth-order valence-corrected chi connectivity index (χ4v) is 2.16. The number of urea groups is 1. The fourth-order valence-electron chi connectivity index (χ4n) is 2.16. The van der Waals surface area contributed by atoms with Gasteiger partial charge in [-0.25, -0.2) is 9.59 Å². The highest BCUT2D eigenvalue weighted by molar-refractivity contribution is 5.88. The number of hydrogen-bond acceptors (Lipinski definition) is 4. The molecule has 2 unspecified atom stereocenters. The van der Waals surface area contributed by atoms with Crippen molar-refractivity contribution in [2.75, 3.05) is 33.4 Å². The van der Waals surface area contributed by atoms with Crippen molar-refractivity contribution in [3.05, 3.63) is 0 Å². The van der Waals surface area contributed by atoms with E-state index < -0.39 is 24.1 Å². The molecular formula is C13H23N3O5. The number of hydrogen-bond donors (Lipinski definition) is 2. The van der Waals surface area contributed by atoms with Gasteiger partial charge >= 0.3 is 12.0 Å². The van der Waals surface area contributed by atoms with Gasteiger partial charge < -0.3 is 25.0 Å². The molecule has 1 rings (SSSR count). The lowest BCUT2D eigenvalue weighted by molar-refractivity contribution is -0.141. The lowest BCUT2D eigenvalue weighted by atomic mass is 10.2. The molecule has 1 saturated heterocycles. The Labute approximate surface area is 124 Å². The summed E-state index contributed by atoms with van der Waals surface area (Å²) in [7, 11) is 1.41. The van der Waals surface area contributed by atoms with Crippen molar-refractivity contribution in [1.82, 2.24) is 15.1 Å². The second-order valence-electron chi connectivity index (χ2n) is 4.98. The zero-order valence-corrected chi connectivity index (χ0v) is 12.7. The lowest BCUT2D eigenvalue weighted by Gasteiger charge is -2.31. The number of nitrogens with zero attached hydrogens (tertiary/aromatic N) is 2. The smallest absolute Gasteiger partial charge is 0.326 e. The van der Waals surface area contributed by atoms with Crippen molar-refractivity contribution >= 4 is 17.9 Å². The first-order chi connectivity index (χ1) is 9.88. The molecule has 120 valence electrons. The summed E-state index contributed by atoms with van der Waals surface area (Å²) in [6.07, 6.45) is 0.297. The number of carbonyl (C=O) groups excluding carboxylic acids is 2. The van der Waals surface area contributed by atoms with Gasteiger partial charge in [0, 0.05) is 20.1 Å². The zero-order chi connectivity index (χ0) is 16.0. The van der Waals surface area contributed by atoms with Crippen LogP contribution in [0.3, 0.4) is 0 Å². The molecule has 8 heteroatoms. The molecule has 0 saturated carbocycles. The Hall–Kier alpha value is -1.83. The number of amides is 3. The van der Waals surface area contributed by atoms with Gasteiger partial charge in [0.05, 0.1) is 13.2 Å². The average Bonchev–Trinajstić information content (AvgIpc) is 2.47. The Bertz CT molecular complexity index is 395. The van der Waals surface area contributed by atoms with E-state index >= 15 is 0 Å². The monoisotopic (exact) mass is 301 g/mol. The minimum atomic E-state index is -1.07. The third-order valence-corrected chi connectivity index (χ3v) is 3.49. The minimum Gasteiger partial charge on any atom is -0.480 e. The summed E-state index contributed by atoms with van der Waals surface area (Å²) in [6.45, 7) is 5.26. The number of carbonyl (C=O) groups is 3. The zero-order valence-electron chi connectivity index (χ0n) is 12.7. The summed E-state index contributed by atoms with van der Waals surface area (Å²) in [5.74, 6) is -1.26. The summed E-state index contributed by atoms with van der Waals surface area (Å²) >= 11 is 0. The van der Waals surface area contributed by atoms with Crippen LogP contribution in [0.15, 0.2) is 0 Å². The SMILES string of the molecule is CCC(C(=O)O)N(C)C(=O)NC(C)C(=O)N1CCOCC1. The second-order valence-corrected chi connectivity index (χ2v) is 4.98. The van der Waals surface area contributed by atoms with Crippen molar-refractivity contribution in [3.63, 3.8) is 0 Å². The molecule has 1 fully saturated rings. The maximum Gasteiger partial charge on any atom is 0.326 e. The summed E-state index contributed by atoms with van der Waals surface area (Å²) < 4.78 is 5.17. The molecule has 1 aliphatic heterocycles. The van der Waals surface area contributed by atoms with Crippen LogP contribution in [0.1, 0.15) is 20.3 Å². The normalized spacial score (nSPS) is 17.8. The molecular weight excluding hydrogens is 278 g/mol. The Morgan fingerprint density at radius 2 is 1.90 bits per heavy atom. The van der Waals surface area contributed by atoms with Crippen molar-refractivity contribution in [2.45, 2.75) is 32.4 Å². The van der Waals surface area contributed by atoms with Crippen LogP contribution in [-0.4, -0.2) is 78.2 Å². The van der Waals surface area contributed by atoms with Gasteiger partial charge in [-0.1, -0.05) is 6.92 Å². The molecule has 2 N–H and O–H groups in total. The summed E-state index contributed by atoms with van der Waals surface area (Å²) in [6, 6.07) is -2.18. The topological polar surface area (TPSA) is 99.2 Å². The van der Waals surface area contributed by atoms with Crippen LogP contribution in [0.5, 0.6) is 0 Å². The molecule has 2 atom stereocenters. The largest absolute Gasteiger partial charge is 0.480 e. The fraction of sp³-hybridized carbons (Fsp3) is 0.769. The molecule has 1 aliphatic rings. The molecule has 21 heavy (non-hydrogen) atoms. The van der Waals surface area contributed by atoms with Crippen LogP contribution < -0.4 is 5.32 Å². The number of rotatable bonds is 5. The van der Waals surface area contributed by atoms with E-state index in [0.717, 1.165) is 4.90 Å². The summed E-state index contributed by atoms with van der Waals surface area (Å²) in [4.78, 5) is 37.9. The van der Waals surface area contributed by atoms with Gasteiger partial charge in [0.1, 0.15) is 12.1 Å². The van der Waals surface area contributed by atoms with Crippen molar-refractivity contribution < 1.29 is 24.2 Å². The van der Waals surface area contributed by atoms with Crippen molar-refractivity contribution in [2.24, 2.45) is 0 Å². The number of nitrogens with one attached hydrogen (secondary N) is 1. The quantitative estimate of drug-likeness (QED) is 0.729. The van der Waals surface area contributed by atoms with E-state index in [1.807, 2.05) is 0 Å². The van der Waals surface area contributed by atoms with Gasteiger partial charge in [-0.15, -0.1) is 0 Å². The van der Waals surface area contributed by atoms with Crippen molar-refractivity contribution in [1.29, 1.82) is 0 Å². The van der Waals surface area contributed by atoms with Gasteiger partial charge in [0.2, 0.25) is 5.91 Å². The molecule has 0 aliphatic carbocycles. The molecule has 0 radical (unpaired) electrons. The van der Waals surface area contributed by atoms with E-state index in [1.54, 1.807) is 18.7 Å². The molecule has 1 heterocycles. The summed E-state index contributed by atoms with van der Waals surface area (Å²) in [5.41, 5.74) is 0. The maximum absolute atomic E-state index is 12.2. The minimum absolute atomic E-state index is 0.191. The Balaban J connectivity index is 2.56. The number of aliphatic carboxylic acids is 1. The van der Waals surface area contributed by atoms with E-state index in [1.165, 1.54) is 7.05 Å². The van der Waals surface area contributed by atoms with Gasteiger partial charge in [0.25, 0.3) is 0 Å². The van der Waals surface area contributed by atoms with Crippen LogP contribution in [0, 0.1) is 0 Å². The van der Waals surface area contributed by atoms with Crippen LogP contribution >= 0.6 is 0 Å². The number of likely N-dealkylation sites (N-methyl/N-ethyl adjacent to an activating group) is 1. The Morgan fingerprint density at radius 1 is 1.33 bits per heavy atom. The maximum atomic E-state index is 12.2. The van der Waals surface area contributed by atoms with Gasteiger partial charge in [0.15, 0.2) is 0 Å². The highest BCUT2D eigenvalue weighted by Gasteiger charge is 2.28. The number of ether oxygens (including phenoxy) is 1. The average molecular weight is 301 g/mol. The number of morpholine rings is 1. The first-order valence-electron chi connectivity index (χ1n) is 7.01. The number of carboxylic acids is 1. The van der Waals surface area contributed by atoms with Crippen LogP contribution in [0.25, 0.3) is 0 Å². The van der Waals surface area contributed by atoms with E-state index in [0.29, 0.717) is 32.7 Å². The molecule has 0 spiro atoms. The van der Waals surface area contributed by atoms with Gasteiger partial charge in [-0.3, -0.25) is 4.79 Å².